The summed E-state index contributed by atoms with van der Waals surface area (Å²) in [4.78, 5) is 43.1. The quantitative estimate of drug-likeness (QED) is 0.550. The van der Waals surface area contributed by atoms with E-state index in [0.717, 1.165) is 12.8 Å². The van der Waals surface area contributed by atoms with Gasteiger partial charge in [-0.15, -0.1) is 0 Å². The van der Waals surface area contributed by atoms with Gasteiger partial charge in [0.05, 0.1) is 11.8 Å². The second-order valence-electron chi connectivity index (χ2n) is 8.03. The topological polar surface area (TPSA) is 149 Å². The first-order chi connectivity index (χ1) is 11.9. The van der Waals surface area contributed by atoms with Crippen molar-refractivity contribution in [3.05, 3.63) is 0 Å². The lowest BCUT2D eigenvalue weighted by Crippen LogP contribution is -2.43. The smallest absolute Gasteiger partial charge is 0.321 e. The Hall–Kier alpha value is -2.12. The Balaban J connectivity index is 0.000000263. The number of hydrogen-bond acceptors (Lipinski definition) is 4. The largest absolute Gasteiger partial charge is 0.481 e. The summed E-state index contributed by atoms with van der Waals surface area (Å²) in [5, 5.41) is 35.3. The predicted octanol–water partition coefficient (Wildman–Crippen LogP) is 2.70. The average molecular weight is 372 g/mol. The van der Waals surface area contributed by atoms with Crippen LogP contribution in [0.3, 0.4) is 0 Å². The molecule has 8 heteroatoms. The second kappa shape index (κ2) is 8.51. The van der Waals surface area contributed by atoms with Crippen LogP contribution in [0.2, 0.25) is 0 Å². The molecule has 2 aliphatic rings. The van der Waals surface area contributed by atoms with Crippen LogP contribution in [0.5, 0.6) is 0 Å². The van der Waals surface area contributed by atoms with E-state index in [1.54, 1.807) is 0 Å². The van der Waals surface area contributed by atoms with E-state index in [2.05, 4.69) is 0 Å². The Morgan fingerprint density at radius 1 is 0.692 bits per heavy atom. The molecule has 8 nitrogen and oxygen atoms in total. The van der Waals surface area contributed by atoms with E-state index in [0.29, 0.717) is 25.7 Å². The van der Waals surface area contributed by atoms with Gasteiger partial charge in [0.15, 0.2) is 5.41 Å². The fraction of sp³-hybridized carbons (Fsp3) is 0.778. The van der Waals surface area contributed by atoms with E-state index in [-0.39, 0.29) is 18.3 Å². The number of carboxylic acids is 4. The summed E-state index contributed by atoms with van der Waals surface area (Å²) in [6.45, 7) is 4.08. The molecule has 2 fully saturated rings. The maximum Gasteiger partial charge on any atom is 0.321 e. The Labute approximate surface area is 152 Å². The third-order valence-corrected chi connectivity index (χ3v) is 5.68. The van der Waals surface area contributed by atoms with Gasteiger partial charge >= 0.3 is 23.9 Å². The van der Waals surface area contributed by atoms with E-state index in [1.807, 2.05) is 13.8 Å². The molecular formula is C18H28O8. The summed E-state index contributed by atoms with van der Waals surface area (Å²) in [5.74, 6) is -5.67. The molecular weight excluding hydrogens is 344 g/mol. The van der Waals surface area contributed by atoms with Crippen molar-refractivity contribution in [3.8, 4) is 0 Å². The summed E-state index contributed by atoms with van der Waals surface area (Å²) < 4.78 is 0. The van der Waals surface area contributed by atoms with Crippen LogP contribution in [-0.2, 0) is 19.2 Å². The minimum Gasteiger partial charge on any atom is -0.481 e. The lowest BCUT2D eigenvalue weighted by atomic mass is 9.65. The summed E-state index contributed by atoms with van der Waals surface area (Å²) in [7, 11) is 0. The number of aliphatic carboxylic acids is 4. The van der Waals surface area contributed by atoms with Crippen LogP contribution in [0.4, 0.5) is 0 Å². The minimum absolute atomic E-state index is 0.0778. The first-order valence-corrected chi connectivity index (χ1v) is 8.85. The SMILES string of the molecule is CC1(C)CCC(C(=O)O)(C(=O)O)CC1.O=C(O)C1CCCCC1C(=O)O. The molecule has 0 saturated heterocycles. The zero-order chi connectivity index (χ0) is 20.1. The summed E-state index contributed by atoms with van der Waals surface area (Å²) in [5.41, 5.74) is -1.45. The molecule has 26 heavy (non-hydrogen) atoms. The number of rotatable bonds is 4. The lowest BCUT2D eigenvalue weighted by molar-refractivity contribution is -0.168. The maximum absolute atomic E-state index is 10.9. The number of carboxylic acid groups (broad SMARTS) is 4. The van der Waals surface area contributed by atoms with Gasteiger partial charge in [-0.2, -0.15) is 0 Å². The van der Waals surface area contributed by atoms with Crippen molar-refractivity contribution >= 4 is 23.9 Å². The second-order valence-corrected chi connectivity index (χ2v) is 8.03. The molecule has 0 aromatic rings. The summed E-state index contributed by atoms with van der Waals surface area (Å²) in [6, 6.07) is 0. The van der Waals surface area contributed by atoms with Crippen molar-refractivity contribution in [2.75, 3.05) is 0 Å². The zero-order valence-corrected chi connectivity index (χ0v) is 15.2. The van der Waals surface area contributed by atoms with Gasteiger partial charge in [-0.3, -0.25) is 19.2 Å². The first kappa shape index (κ1) is 21.9. The third-order valence-electron chi connectivity index (χ3n) is 5.68. The average Bonchev–Trinajstić information content (AvgIpc) is 2.55. The molecule has 0 amide bonds. The van der Waals surface area contributed by atoms with Gasteiger partial charge in [-0.1, -0.05) is 26.7 Å². The highest BCUT2D eigenvalue weighted by Crippen LogP contribution is 2.45. The Morgan fingerprint density at radius 3 is 1.31 bits per heavy atom. The maximum atomic E-state index is 10.9. The van der Waals surface area contributed by atoms with E-state index in [4.69, 9.17) is 20.4 Å². The molecule has 2 rings (SSSR count). The molecule has 0 aliphatic heterocycles. The molecule has 2 aliphatic carbocycles. The van der Waals surface area contributed by atoms with Crippen molar-refractivity contribution in [3.63, 3.8) is 0 Å². The molecule has 0 aromatic heterocycles. The van der Waals surface area contributed by atoms with Gasteiger partial charge in [0.25, 0.3) is 0 Å². The standard InChI is InChI=1S/C10H16O4.C8H12O4/c1-9(2)3-5-10(6-4-9,7(11)12)8(13)14;9-7(10)5-3-1-2-4-6(5)8(11)12/h3-6H2,1-2H3,(H,11,12)(H,13,14);5-6H,1-4H2,(H,9,10)(H,11,12). The van der Waals surface area contributed by atoms with Crippen LogP contribution < -0.4 is 0 Å². The lowest BCUT2D eigenvalue weighted by Gasteiger charge is -2.38. The molecule has 2 atom stereocenters. The first-order valence-electron chi connectivity index (χ1n) is 8.85. The van der Waals surface area contributed by atoms with E-state index in [9.17, 15) is 19.2 Å². The highest BCUT2D eigenvalue weighted by atomic mass is 16.4. The molecule has 2 saturated carbocycles. The van der Waals surface area contributed by atoms with Crippen LogP contribution in [-0.4, -0.2) is 44.3 Å². The van der Waals surface area contributed by atoms with Crippen molar-refractivity contribution in [1.82, 2.24) is 0 Å². The molecule has 148 valence electrons. The number of carbonyl (C=O) groups is 4. The van der Waals surface area contributed by atoms with Gasteiger partial charge in [0.1, 0.15) is 0 Å². The van der Waals surface area contributed by atoms with Crippen molar-refractivity contribution in [2.24, 2.45) is 22.7 Å². The van der Waals surface area contributed by atoms with Crippen molar-refractivity contribution < 1.29 is 39.6 Å². The highest BCUT2D eigenvalue weighted by molar-refractivity contribution is 5.98. The molecule has 0 aromatic carbocycles. The molecule has 0 heterocycles. The molecule has 0 radical (unpaired) electrons. The summed E-state index contributed by atoms with van der Waals surface area (Å²) >= 11 is 0. The van der Waals surface area contributed by atoms with Crippen LogP contribution in [0, 0.1) is 22.7 Å². The van der Waals surface area contributed by atoms with Crippen LogP contribution in [0.25, 0.3) is 0 Å². The Kier molecular flexibility index (Phi) is 7.17. The monoisotopic (exact) mass is 372 g/mol. The van der Waals surface area contributed by atoms with Crippen LogP contribution in [0.1, 0.15) is 65.2 Å². The van der Waals surface area contributed by atoms with Crippen molar-refractivity contribution in [2.45, 2.75) is 65.2 Å². The van der Waals surface area contributed by atoms with Gasteiger partial charge in [0, 0.05) is 0 Å². The fourth-order valence-corrected chi connectivity index (χ4v) is 3.59. The van der Waals surface area contributed by atoms with E-state index >= 15 is 0 Å². The van der Waals surface area contributed by atoms with E-state index < -0.39 is 41.1 Å². The van der Waals surface area contributed by atoms with Crippen molar-refractivity contribution in [1.29, 1.82) is 0 Å². The Bertz CT molecular complexity index is 518. The Morgan fingerprint density at radius 2 is 1.04 bits per heavy atom. The zero-order valence-electron chi connectivity index (χ0n) is 15.2. The molecule has 4 N–H and O–H groups in total. The van der Waals surface area contributed by atoms with Gasteiger partial charge in [-0.25, -0.2) is 0 Å². The summed E-state index contributed by atoms with van der Waals surface area (Å²) in [6.07, 6.45) is 4.48. The molecule has 0 bridgehead atoms. The molecule has 0 spiro atoms. The van der Waals surface area contributed by atoms with Gasteiger partial charge < -0.3 is 20.4 Å². The van der Waals surface area contributed by atoms with Gasteiger partial charge in [0.2, 0.25) is 0 Å². The highest BCUT2D eigenvalue weighted by Gasteiger charge is 2.50. The number of hydrogen-bond donors (Lipinski definition) is 4. The van der Waals surface area contributed by atoms with Crippen LogP contribution >= 0.6 is 0 Å². The normalized spacial score (nSPS) is 26.7. The fourth-order valence-electron chi connectivity index (χ4n) is 3.59. The van der Waals surface area contributed by atoms with E-state index in [1.165, 1.54) is 0 Å². The predicted molar refractivity (Wildman–Crippen MR) is 90.7 cm³/mol. The minimum atomic E-state index is -1.53. The third kappa shape index (κ3) is 5.19. The van der Waals surface area contributed by atoms with Gasteiger partial charge in [-0.05, 0) is 43.9 Å². The molecule has 2 unspecified atom stereocenters. The van der Waals surface area contributed by atoms with Crippen LogP contribution in [0.15, 0.2) is 0 Å².